The number of hydrogen-bond donors (Lipinski definition) is 1. The molecule has 6 nitrogen and oxygen atoms in total. The minimum Gasteiger partial charge on any atom is -0.496 e. The van der Waals surface area contributed by atoms with Gasteiger partial charge in [-0.05, 0) is 30.7 Å². The molecule has 7 heteroatoms. The van der Waals surface area contributed by atoms with Crippen LogP contribution in [-0.2, 0) is 14.8 Å². The van der Waals surface area contributed by atoms with Gasteiger partial charge < -0.3 is 10.1 Å². The summed E-state index contributed by atoms with van der Waals surface area (Å²) in [5.41, 5.74) is 1.18. The van der Waals surface area contributed by atoms with Gasteiger partial charge in [0.15, 0.2) is 4.75 Å². The first-order chi connectivity index (χ1) is 14.0. The van der Waals surface area contributed by atoms with E-state index in [9.17, 15) is 13.2 Å². The molecule has 29 heavy (non-hydrogen) atoms. The second-order valence-electron chi connectivity index (χ2n) is 7.48. The lowest BCUT2D eigenvalue weighted by molar-refractivity contribution is -0.116. The number of nitrogens with zero attached hydrogens (tertiary/aromatic N) is 1. The molecule has 1 amide bonds. The molecule has 2 aliphatic rings. The number of sulfonamides is 1. The number of para-hydroxylation sites is 1. The molecule has 2 fully saturated rings. The van der Waals surface area contributed by atoms with Gasteiger partial charge in [-0.25, -0.2) is 8.42 Å². The van der Waals surface area contributed by atoms with Crippen molar-refractivity contribution >= 4 is 38.1 Å². The summed E-state index contributed by atoms with van der Waals surface area (Å²) in [6.45, 7) is 0.336. The average molecular weight is 408 g/mol. The SMILES string of the molecule is COc1ccc(NC(=O)[C@@]23C[C@H]2CN(c2ccccc2)S3(=O)=O)c2ccccc12. The molecule has 2 atom stereocenters. The van der Waals surface area contributed by atoms with Gasteiger partial charge in [0, 0.05) is 28.9 Å². The van der Waals surface area contributed by atoms with E-state index in [2.05, 4.69) is 5.32 Å². The van der Waals surface area contributed by atoms with Gasteiger partial charge in [0.1, 0.15) is 5.75 Å². The highest BCUT2D eigenvalue weighted by molar-refractivity contribution is 7.95. The molecule has 3 aromatic carbocycles. The number of carbonyl (C=O) groups is 1. The number of ether oxygens (including phenoxy) is 1. The summed E-state index contributed by atoms with van der Waals surface area (Å²) >= 11 is 0. The monoisotopic (exact) mass is 408 g/mol. The van der Waals surface area contributed by atoms with Gasteiger partial charge in [0.05, 0.1) is 12.8 Å². The molecule has 1 saturated heterocycles. The molecular weight excluding hydrogens is 388 g/mol. The van der Waals surface area contributed by atoms with Crippen molar-refractivity contribution in [2.24, 2.45) is 5.92 Å². The fourth-order valence-corrected chi connectivity index (χ4v) is 6.71. The van der Waals surface area contributed by atoms with Crippen LogP contribution in [0.15, 0.2) is 66.7 Å². The van der Waals surface area contributed by atoms with Crippen LogP contribution in [-0.4, -0.2) is 32.7 Å². The van der Waals surface area contributed by atoms with E-state index >= 15 is 0 Å². The number of fused-ring (bicyclic) bond motifs is 2. The lowest BCUT2D eigenvalue weighted by Crippen LogP contribution is -2.42. The third kappa shape index (κ3) is 2.47. The second kappa shape index (κ2) is 6.22. The number of methoxy groups -OCH3 is 1. The van der Waals surface area contributed by atoms with Crippen molar-refractivity contribution in [3.63, 3.8) is 0 Å². The third-order valence-electron chi connectivity index (χ3n) is 5.97. The van der Waals surface area contributed by atoms with Crippen molar-refractivity contribution in [1.29, 1.82) is 0 Å². The minimum absolute atomic E-state index is 0.197. The maximum absolute atomic E-state index is 13.3. The van der Waals surface area contributed by atoms with Gasteiger partial charge >= 0.3 is 0 Å². The summed E-state index contributed by atoms with van der Waals surface area (Å²) in [4.78, 5) is 13.2. The van der Waals surface area contributed by atoms with Crippen LogP contribution in [0.2, 0.25) is 0 Å². The number of anilines is 2. The fraction of sp³-hybridized carbons (Fsp3) is 0.227. The molecule has 0 spiro atoms. The quantitative estimate of drug-likeness (QED) is 0.718. The van der Waals surface area contributed by atoms with Crippen LogP contribution in [0.25, 0.3) is 10.8 Å². The lowest BCUT2D eigenvalue weighted by atomic mass is 10.1. The maximum atomic E-state index is 13.3. The molecule has 1 N–H and O–H groups in total. The molecule has 1 aliphatic heterocycles. The normalized spacial score (nSPS) is 24.2. The predicted molar refractivity (Wildman–Crippen MR) is 113 cm³/mol. The van der Waals surface area contributed by atoms with E-state index in [0.717, 1.165) is 10.8 Å². The third-order valence-corrected chi connectivity index (χ3v) is 8.51. The van der Waals surface area contributed by atoms with Crippen molar-refractivity contribution in [3.8, 4) is 5.75 Å². The number of carbonyl (C=O) groups excluding carboxylic acids is 1. The molecular formula is C22H20N2O4S. The summed E-state index contributed by atoms with van der Waals surface area (Å²) in [6, 6.07) is 20.0. The minimum atomic E-state index is -3.80. The zero-order chi connectivity index (χ0) is 20.2. The van der Waals surface area contributed by atoms with Crippen molar-refractivity contribution in [2.75, 3.05) is 23.3 Å². The van der Waals surface area contributed by atoms with Gasteiger partial charge in [-0.15, -0.1) is 0 Å². The van der Waals surface area contributed by atoms with Crippen LogP contribution in [0.3, 0.4) is 0 Å². The molecule has 3 aromatic rings. The van der Waals surface area contributed by atoms with Gasteiger partial charge in [-0.1, -0.05) is 42.5 Å². The Balaban J connectivity index is 1.49. The average Bonchev–Trinajstić information content (AvgIpc) is 3.44. The van der Waals surface area contributed by atoms with Gasteiger partial charge in [0.25, 0.3) is 0 Å². The maximum Gasteiger partial charge on any atom is 0.250 e. The van der Waals surface area contributed by atoms with Crippen molar-refractivity contribution in [3.05, 3.63) is 66.7 Å². The predicted octanol–water partition coefficient (Wildman–Crippen LogP) is 3.40. The summed E-state index contributed by atoms with van der Waals surface area (Å²) in [5, 5.41) is 4.56. The Kier molecular flexibility index (Phi) is 3.86. The molecule has 0 aromatic heterocycles. The molecule has 0 unspecified atom stereocenters. The Morgan fingerprint density at radius 3 is 2.45 bits per heavy atom. The smallest absolute Gasteiger partial charge is 0.250 e. The van der Waals surface area contributed by atoms with Gasteiger partial charge in [-0.2, -0.15) is 0 Å². The van der Waals surface area contributed by atoms with E-state index in [1.165, 1.54) is 4.31 Å². The van der Waals surface area contributed by atoms with Crippen molar-refractivity contribution in [2.45, 2.75) is 11.2 Å². The summed E-state index contributed by atoms with van der Waals surface area (Å²) in [7, 11) is -2.20. The largest absolute Gasteiger partial charge is 0.496 e. The number of benzene rings is 3. The number of amides is 1. The van der Waals surface area contributed by atoms with E-state index < -0.39 is 20.7 Å². The number of hydrogen-bond acceptors (Lipinski definition) is 4. The van der Waals surface area contributed by atoms with E-state index in [0.29, 0.717) is 30.1 Å². The Morgan fingerprint density at radius 1 is 1.03 bits per heavy atom. The number of rotatable bonds is 4. The van der Waals surface area contributed by atoms with Gasteiger partial charge in [0.2, 0.25) is 15.9 Å². The van der Waals surface area contributed by atoms with Crippen molar-refractivity contribution < 1.29 is 17.9 Å². The van der Waals surface area contributed by atoms with Crippen LogP contribution in [0.4, 0.5) is 11.4 Å². The summed E-state index contributed by atoms with van der Waals surface area (Å²) in [5.74, 6) is 0.0401. The van der Waals surface area contributed by atoms with Crippen LogP contribution in [0.1, 0.15) is 6.42 Å². The van der Waals surface area contributed by atoms with E-state index in [4.69, 9.17) is 4.74 Å². The van der Waals surface area contributed by atoms with Crippen LogP contribution >= 0.6 is 0 Å². The van der Waals surface area contributed by atoms with E-state index in [1.54, 1.807) is 43.5 Å². The first-order valence-electron chi connectivity index (χ1n) is 9.43. The summed E-state index contributed by atoms with van der Waals surface area (Å²) in [6.07, 6.45) is 0.360. The number of nitrogens with one attached hydrogen (secondary N) is 1. The fourth-order valence-electron chi connectivity index (χ4n) is 4.35. The Hall–Kier alpha value is -3.06. The summed E-state index contributed by atoms with van der Waals surface area (Å²) < 4.78 is 32.0. The zero-order valence-corrected chi connectivity index (χ0v) is 16.6. The van der Waals surface area contributed by atoms with E-state index in [1.807, 2.05) is 30.3 Å². The molecule has 148 valence electrons. The van der Waals surface area contributed by atoms with E-state index in [-0.39, 0.29) is 5.92 Å². The molecule has 0 bridgehead atoms. The highest BCUT2D eigenvalue weighted by Crippen LogP contribution is 2.58. The topological polar surface area (TPSA) is 75.7 Å². The standard InChI is InChI=1S/C22H20N2O4S/c1-28-20-12-11-19(17-9-5-6-10-18(17)20)23-21(25)22-13-15(22)14-24(29(22,26)27)16-7-3-2-4-8-16/h2-12,15H,13-14H2,1H3,(H,23,25)/t15-,22+/m0/s1. The zero-order valence-electron chi connectivity index (χ0n) is 15.8. The van der Waals surface area contributed by atoms with Gasteiger partial charge in [-0.3, -0.25) is 9.10 Å². The Labute approximate surface area is 169 Å². The first-order valence-corrected chi connectivity index (χ1v) is 10.9. The van der Waals surface area contributed by atoms with Crippen LogP contribution in [0.5, 0.6) is 5.75 Å². The lowest BCUT2D eigenvalue weighted by Gasteiger charge is -2.23. The Morgan fingerprint density at radius 2 is 1.72 bits per heavy atom. The van der Waals surface area contributed by atoms with Crippen molar-refractivity contribution in [1.82, 2.24) is 0 Å². The Bertz CT molecular complexity index is 1230. The first kappa shape index (κ1) is 18.0. The second-order valence-corrected chi connectivity index (χ2v) is 9.60. The molecule has 1 saturated carbocycles. The molecule has 1 aliphatic carbocycles. The highest BCUT2D eigenvalue weighted by atomic mass is 32.2. The van der Waals surface area contributed by atoms with Crippen LogP contribution in [0, 0.1) is 5.92 Å². The molecule has 1 heterocycles. The van der Waals surface area contributed by atoms with Crippen LogP contribution < -0.4 is 14.4 Å². The molecule has 0 radical (unpaired) electrons. The molecule has 5 rings (SSSR count). The highest BCUT2D eigenvalue weighted by Gasteiger charge is 2.75.